The summed E-state index contributed by atoms with van der Waals surface area (Å²) in [5.74, 6) is 0.280. The van der Waals surface area contributed by atoms with Crippen molar-refractivity contribution in [2.45, 2.75) is 20.0 Å². The average Bonchev–Trinajstić information content (AvgIpc) is 2.25. The summed E-state index contributed by atoms with van der Waals surface area (Å²) < 4.78 is 0. The van der Waals surface area contributed by atoms with Gasteiger partial charge in [0.15, 0.2) is 0 Å². The molecule has 1 heterocycles. The Morgan fingerprint density at radius 2 is 2.31 bits per heavy atom. The van der Waals surface area contributed by atoms with Crippen LogP contribution in [-0.4, -0.2) is 27.7 Å². The molecule has 0 aliphatic rings. The standard InChI is InChI=1S/C10H15N3O3/c1-7(2)9(14)6-12-10-8(13(15)16)4-3-5-11-10/h3-5,7,9,14H,6H2,1-2H3,(H,11,12). The monoisotopic (exact) mass is 225 g/mol. The van der Waals surface area contributed by atoms with Crippen molar-refractivity contribution in [3.05, 3.63) is 28.4 Å². The summed E-state index contributed by atoms with van der Waals surface area (Å²) in [6.45, 7) is 3.99. The lowest BCUT2D eigenvalue weighted by Gasteiger charge is -2.15. The van der Waals surface area contributed by atoms with Gasteiger partial charge in [0.25, 0.3) is 0 Å². The van der Waals surface area contributed by atoms with Gasteiger partial charge in [0, 0.05) is 18.8 Å². The lowest BCUT2D eigenvalue weighted by Crippen LogP contribution is -2.25. The first-order valence-corrected chi connectivity index (χ1v) is 5.03. The number of nitrogens with zero attached hydrogens (tertiary/aromatic N) is 2. The van der Waals surface area contributed by atoms with Crippen LogP contribution in [0.15, 0.2) is 18.3 Å². The third kappa shape index (κ3) is 3.16. The Morgan fingerprint density at radius 3 is 2.88 bits per heavy atom. The first-order valence-electron chi connectivity index (χ1n) is 5.03. The van der Waals surface area contributed by atoms with Crippen LogP contribution in [0.25, 0.3) is 0 Å². The summed E-state index contributed by atoms with van der Waals surface area (Å²) in [7, 11) is 0. The largest absolute Gasteiger partial charge is 0.391 e. The van der Waals surface area contributed by atoms with Crippen molar-refractivity contribution >= 4 is 11.5 Å². The lowest BCUT2D eigenvalue weighted by molar-refractivity contribution is -0.384. The molecule has 88 valence electrons. The molecule has 1 unspecified atom stereocenters. The maximum absolute atomic E-state index is 10.7. The summed E-state index contributed by atoms with van der Waals surface area (Å²) >= 11 is 0. The molecule has 1 atom stereocenters. The highest BCUT2D eigenvalue weighted by molar-refractivity contribution is 5.55. The number of aliphatic hydroxyl groups is 1. The Balaban J connectivity index is 2.70. The summed E-state index contributed by atoms with van der Waals surface area (Å²) in [6.07, 6.45) is 0.915. The smallest absolute Gasteiger partial charge is 0.311 e. The van der Waals surface area contributed by atoms with Gasteiger partial charge in [-0.3, -0.25) is 10.1 Å². The van der Waals surface area contributed by atoms with Crippen LogP contribution in [0.1, 0.15) is 13.8 Å². The minimum Gasteiger partial charge on any atom is -0.391 e. The molecule has 1 aromatic heterocycles. The van der Waals surface area contributed by atoms with Crippen molar-refractivity contribution < 1.29 is 10.0 Å². The van der Waals surface area contributed by atoms with E-state index in [1.54, 1.807) is 0 Å². The molecule has 0 fully saturated rings. The molecule has 2 N–H and O–H groups in total. The zero-order chi connectivity index (χ0) is 12.1. The molecule has 6 nitrogen and oxygen atoms in total. The quantitative estimate of drug-likeness (QED) is 0.584. The molecule has 1 aromatic rings. The molecular weight excluding hydrogens is 210 g/mol. The molecule has 0 saturated heterocycles. The normalized spacial score (nSPS) is 12.5. The molecule has 0 amide bonds. The van der Waals surface area contributed by atoms with Crippen LogP contribution in [0.5, 0.6) is 0 Å². The van der Waals surface area contributed by atoms with Crippen molar-refractivity contribution in [3.63, 3.8) is 0 Å². The lowest BCUT2D eigenvalue weighted by atomic mass is 10.1. The predicted molar refractivity (Wildman–Crippen MR) is 60.2 cm³/mol. The molecule has 0 aliphatic heterocycles. The minimum absolute atomic E-state index is 0.0848. The van der Waals surface area contributed by atoms with Crippen LogP contribution in [0.3, 0.4) is 0 Å². The molecule has 6 heteroatoms. The van der Waals surface area contributed by atoms with Gasteiger partial charge in [-0.15, -0.1) is 0 Å². The number of hydrogen-bond acceptors (Lipinski definition) is 5. The van der Waals surface area contributed by atoms with Crippen LogP contribution in [0, 0.1) is 16.0 Å². The van der Waals surface area contributed by atoms with Gasteiger partial charge in [-0.2, -0.15) is 0 Å². The van der Waals surface area contributed by atoms with Crippen molar-refractivity contribution in [1.82, 2.24) is 4.98 Å². The van der Waals surface area contributed by atoms with Gasteiger partial charge in [-0.25, -0.2) is 4.98 Å². The number of anilines is 1. The Bertz CT molecular complexity index is 368. The number of rotatable bonds is 5. The van der Waals surface area contributed by atoms with Gasteiger partial charge in [-0.1, -0.05) is 13.8 Å². The Hall–Kier alpha value is -1.69. The van der Waals surface area contributed by atoms with E-state index in [4.69, 9.17) is 0 Å². The third-order valence-electron chi connectivity index (χ3n) is 2.23. The van der Waals surface area contributed by atoms with E-state index in [0.717, 1.165) is 0 Å². The molecule has 0 spiro atoms. The van der Waals surface area contributed by atoms with E-state index in [0.29, 0.717) is 0 Å². The summed E-state index contributed by atoms with van der Waals surface area (Å²) in [6, 6.07) is 2.87. The number of pyridine rings is 1. The zero-order valence-electron chi connectivity index (χ0n) is 9.25. The van der Waals surface area contributed by atoms with Crippen molar-refractivity contribution in [2.75, 3.05) is 11.9 Å². The van der Waals surface area contributed by atoms with Gasteiger partial charge in [0.1, 0.15) is 0 Å². The average molecular weight is 225 g/mol. The van der Waals surface area contributed by atoms with Crippen molar-refractivity contribution in [3.8, 4) is 0 Å². The number of aliphatic hydroxyl groups excluding tert-OH is 1. The predicted octanol–water partition coefficient (Wildman–Crippen LogP) is 1.42. The SMILES string of the molecule is CC(C)C(O)CNc1ncccc1[N+](=O)[O-]. The van der Waals surface area contributed by atoms with Crippen LogP contribution in [-0.2, 0) is 0 Å². The molecule has 0 radical (unpaired) electrons. The second-order valence-electron chi connectivity index (χ2n) is 3.82. The van der Waals surface area contributed by atoms with E-state index < -0.39 is 11.0 Å². The molecule has 0 bridgehead atoms. The minimum atomic E-state index is -0.554. The highest BCUT2D eigenvalue weighted by atomic mass is 16.6. The van der Waals surface area contributed by atoms with E-state index in [-0.39, 0.29) is 24.0 Å². The van der Waals surface area contributed by atoms with Gasteiger partial charge in [0.05, 0.1) is 11.0 Å². The molecule has 0 aromatic carbocycles. The highest BCUT2D eigenvalue weighted by Gasteiger charge is 2.15. The van der Waals surface area contributed by atoms with Crippen LogP contribution >= 0.6 is 0 Å². The number of nitrogens with one attached hydrogen (secondary N) is 1. The van der Waals surface area contributed by atoms with Crippen LogP contribution < -0.4 is 5.32 Å². The van der Waals surface area contributed by atoms with E-state index in [1.807, 2.05) is 13.8 Å². The summed E-state index contributed by atoms with van der Waals surface area (Å²) in [5, 5.41) is 23.0. The van der Waals surface area contributed by atoms with Crippen molar-refractivity contribution in [2.24, 2.45) is 5.92 Å². The van der Waals surface area contributed by atoms with E-state index in [2.05, 4.69) is 10.3 Å². The van der Waals surface area contributed by atoms with Crippen LogP contribution in [0.4, 0.5) is 11.5 Å². The molecule has 0 aliphatic carbocycles. The van der Waals surface area contributed by atoms with E-state index in [1.165, 1.54) is 18.3 Å². The molecular formula is C10H15N3O3. The summed E-state index contributed by atoms with van der Waals surface area (Å²) in [4.78, 5) is 14.0. The van der Waals surface area contributed by atoms with E-state index >= 15 is 0 Å². The summed E-state index contributed by atoms with van der Waals surface area (Å²) in [5.41, 5.74) is -0.0848. The van der Waals surface area contributed by atoms with E-state index in [9.17, 15) is 15.2 Å². The fourth-order valence-electron chi connectivity index (χ4n) is 1.12. The zero-order valence-corrected chi connectivity index (χ0v) is 9.25. The van der Waals surface area contributed by atoms with Gasteiger partial charge < -0.3 is 10.4 Å². The topological polar surface area (TPSA) is 88.3 Å². The van der Waals surface area contributed by atoms with Gasteiger partial charge in [0.2, 0.25) is 5.82 Å². The molecule has 1 rings (SSSR count). The Morgan fingerprint density at radius 1 is 1.62 bits per heavy atom. The second-order valence-corrected chi connectivity index (χ2v) is 3.82. The first kappa shape index (κ1) is 12.4. The number of hydrogen-bond donors (Lipinski definition) is 2. The molecule has 16 heavy (non-hydrogen) atoms. The van der Waals surface area contributed by atoms with Crippen LogP contribution in [0.2, 0.25) is 0 Å². The highest BCUT2D eigenvalue weighted by Crippen LogP contribution is 2.20. The maximum Gasteiger partial charge on any atom is 0.311 e. The van der Waals surface area contributed by atoms with Gasteiger partial charge in [-0.05, 0) is 12.0 Å². The number of aromatic nitrogens is 1. The maximum atomic E-state index is 10.7. The second kappa shape index (κ2) is 5.41. The first-order chi connectivity index (χ1) is 7.52. The Labute approximate surface area is 93.5 Å². The van der Waals surface area contributed by atoms with Gasteiger partial charge >= 0.3 is 5.69 Å². The fourth-order valence-corrected chi connectivity index (χ4v) is 1.12. The number of nitro groups is 1. The third-order valence-corrected chi connectivity index (χ3v) is 2.23. The Kier molecular flexibility index (Phi) is 4.19. The van der Waals surface area contributed by atoms with Crippen molar-refractivity contribution in [1.29, 1.82) is 0 Å². The molecule has 0 saturated carbocycles. The fraction of sp³-hybridized carbons (Fsp3) is 0.500.